The summed E-state index contributed by atoms with van der Waals surface area (Å²) in [5, 5.41) is 13.4. The predicted molar refractivity (Wildman–Crippen MR) is 94.6 cm³/mol. The molecule has 1 aromatic rings. The lowest BCUT2D eigenvalue weighted by Crippen LogP contribution is -2.59. The molecule has 1 aliphatic heterocycles. The summed E-state index contributed by atoms with van der Waals surface area (Å²) >= 11 is 0. The summed E-state index contributed by atoms with van der Waals surface area (Å²) in [5.41, 5.74) is 1.42. The van der Waals surface area contributed by atoms with Crippen LogP contribution in [0.2, 0.25) is 0 Å². The van der Waals surface area contributed by atoms with Gasteiger partial charge in [-0.15, -0.1) is 0 Å². The highest BCUT2D eigenvalue weighted by Gasteiger charge is 2.38. The van der Waals surface area contributed by atoms with Gasteiger partial charge in [-0.2, -0.15) is 0 Å². The molecule has 2 fully saturated rings. The summed E-state index contributed by atoms with van der Waals surface area (Å²) in [6.07, 6.45) is 6.57. The highest BCUT2D eigenvalue weighted by Crippen LogP contribution is 2.34. The van der Waals surface area contributed by atoms with Crippen LogP contribution in [0.1, 0.15) is 37.7 Å². The number of benzene rings is 1. The van der Waals surface area contributed by atoms with E-state index in [0.29, 0.717) is 5.75 Å². The van der Waals surface area contributed by atoms with Crippen molar-refractivity contribution in [1.29, 1.82) is 0 Å². The van der Waals surface area contributed by atoms with Crippen LogP contribution < -0.4 is 10.1 Å². The molecule has 24 heavy (non-hydrogen) atoms. The second-order valence-corrected chi connectivity index (χ2v) is 6.99. The van der Waals surface area contributed by atoms with Crippen LogP contribution in [-0.4, -0.2) is 55.5 Å². The Kier molecular flexibility index (Phi) is 5.98. The smallest absolute Gasteiger partial charge is 0.160 e. The summed E-state index contributed by atoms with van der Waals surface area (Å²) in [4.78, 5) is 2.65. The molecule has 0 radical (unpaired) electrons. The maximum Gasteiger partial charge on any atom is 0.160 e. The van der Waals surface area contributed by atoms with Crippen molar-refractivity contribution in [3.63, 3.8) is 0 Å². The molecule has 1 aliphatic carbocycles. The van der Waals surface area contributed by atoms with Gasteiger partial charge in [-0.3, -0.25) is 4.90 Å². The van der Waals surface area contributed by atoms with E-state index in [9.17, 15) is 5.11 Å². The van der Waals surface area contributed by atoms with Crippen LogP contribution in [0.15, 0.2) is 18.2 Å². The van der Waals surface area contributed by atoms with E-state index in [1.165, 1.54) is 32.1 Å². The minimum Gasteiger partial charge on any atom is -0.504 e. The number of hydrogen-bond acceptors (Lipinski definition) is 5. The summed E-state index contributed by atoms with van der Waals surface area (Å²) in [6, 6.07) is 5.56. The van der Waals surface area contributed by atoms with Gasteiger partial charge < -0.3 is 19.9 Å². The van der Waals surface area contributed by atoms with Crippen LogP contribution in [0.25, 0.3) is 0 Å². The number of rotatable bonds is 6. The maximum atomic E-state index is 9.71. The van der Waals surface area contributed by atoms with Crippen molar-refractivity contribution >= 4 is 0 Å². The van der Waals surface area contributed by atoms with Crippen molar-refractivity contribution in [2.24, 2.45) is 0 Å². The SMILES string of the molecule is COc1cc(CNCC2(N3CCOCC3)CCCCC2)ccc1O. The normalized spacial score (nSPS) is 21.5. The van der Waals surface area contributed by atoms with Gasteiger partial charge in [0.2, 0.25) is 0 Å². The number of phenols is 1. The number of aromatic hydroxyl groups is 1. The lowest BCUT2D eigenvalue weighted by molar-refractivity contribution is -0.0369. The highest BCUT2D eigenvalue weighted by atomic mass is 16.5. The van der Waals surface area contributed by atoms with Crippen LogP contribution in [0.3, 0.4) is 0 Å². The zero-order chi connectivity index (χ0) is 16.8. The fraction of sp³-hybridized carbons (Fsp3) is 0.684. The van der Waals surface area contributed by atoms with E-state index in [1.54, 1.807) is 13.2 Å². The minimum absolute atomic E-state index is 0.193. The molecule has 0 bridgehead atoms. The Hall–Kier alpha value is -1.30. The molecule has 0 amide bonds. The van der Waals surface area contributed by atoms with Crippen molar-refractivity contribution in [2.45, 2.75) is 44.2 Å². The Morgan fingerprint density at radius 1 is 1.21 bits per heavy atom. The minimum atomic E-state index is 0.193. The second-order valence-electron chi connectivity index (χ2n) is 6.99. The van der Waals surface area contributed by atoms with E-state index in [2.05, 4.69) is 10.2 Å². The summed E-state index contributed by atoms with van der Waals surface area (Å²) in [5.74, 6) is 0.730. The Labute approximate surface area is 144 Å². The first-order chi connectivity index (χ1) is 11.7. The second kappa shape index (κ2) is 8.19. The number of nitrogens with zero attached hydrogens (tertiary/aromatic N) is 1. The fourth-order valence-corrected chi connectivity index (χ4v) is 4.12. The molecule has 1 heterocycles. The van der Waals surface area contributed by atoms with Crippen molar-refractivity contribution in [1.82, 2.24) is 10.2 Å². The van der Waals surface area contributed by atoms with E-state index in [1.807, 2.05) is 12.1 Å². The van der Waals surface area contributed by atoms with E-state index >= 15 is 0 Å². The summed E-state index contributed by atoms with van der Waals surface area (Å²) < 4.78 is 10.7. The third kappa shape index (κ3) is 4.02. The van der Waals surface area contributed by atoms with Crippen molar-refractivity contribution in [3.05, 3.63) is 23.8 Å². The molecule has 2 N–H and O–H groups in total. The van der Waals surface area contributed by atoms with Crippen molar-refractivity contribution in [2.75, 3.05) is 40.0 Å². The number of hydrogen-bond donors (Lipinski definition) is 2. The standard InChI is InChI=1S/C19H30N2O3/c1-23-18-13-16(5-6-17(18)22)14-20-15-19(7-3-2-4-8-19)21-9-11-24-12-10-21/h5-6,13,20,22H,2-4,7-12,14-15H2,1H3. The Morgan fingerprint density at radius 2 is 1.96 bits per heavy atom. The van der Waals surface area contributed by atoms with Crippen molar-refractivity contribution in [3.8, 4) is 11.5 Å². The van der Waals surface area contributed by atoms with Crippen molar-refractivity contribution < 1.29 is 14.6 Å². The molecule has 3 rings (SSSR count). The number of nitrogens with one attached hydrogen (secondary N) is 1. The third-order valence-electron chi connectivity index (χ3n) is 5.49. The van der Waals surface area contributed by atoms with Gasteiger partial charge >= 0.3 is 0 Å². The molecule has 2 aliphatic rings. The zero-order valence-corrected chi connectivity index (χ0v) is 14.7. The van der Waals surface area contributed by atoms with E-state index in [0.717, 1.165) is 45.0 Å². The number of methoxy groups -OCH3 is 1. The van der Waals surface area contributed by atoms with Crippen LogP contribution in [0.5, 0.6) is 11.5 Å². The number of ether oxygens (including phenoxy) is 2. The van der Waals surface area contributed by atoms with Crippen LogP contribution >= 0.6 is 0 Å². The summed E-state index contributed by atoms with van der Waals surface area (Å²) in [7, 11) is 1.59. The van der Waals surface area contributed by atoms with E-state index < -0.39 is 0 Å². The molecule has 0 aromatic heterocycles. The first-order valence-electron chi connectivity index (χ1n) is 9.13. The average Bonchev–Trinajstić information content (AvgIpc) is 2.64. The largest absolute Gasteiger partial charge is 0.504 e. The topological polar surface area (TPSA) is 54.0 Å². The molecule has 1 saturated heterocycles. The highest BCUT2D eigenvalue weighted by molar-refractivity contribution is 5.41. The van der Waals surface area contributed by atoms with E-state index in [4.69, 9.17) is 9.47 Å². The Bertz CT molecular complexity index is 523. The van der Waals surface area contributed by atoms with Crippen LogP contribution in [0.4, 0.5) is 0 Å². The van der Waals surface area contributed by atoms with Gasteiger partial charge in [0, 0.05) is 31.7 Å². The van der Waals surface area contributed by atoms with Gasteiger partial charge in [-0.1, -0.05) is 25.3 Å². The first-order valence-corrected chi connectivity index (χ1v) is 9.13. The number of phenolic OH excluding ortho intramolecular Hbond substituents is 1. The van der Waals surface area contributed by atoms with Gasteiger partial charge in [-0.25, -0.2) is 0 Å². The average molecular weight is 334 g/mol. The van der Waals surface area contributed by atoms with Gasteiger partial charge in [0.1, 0.15) is 0 Å². The molecule has 0 spiro atoms. The third-order valence-corrected chi connectivity index (χ3v) is 5.49. The Balaban J connectivity index is 1.61. The fourth-order valence-electron chi connectivity index (χ4n) is 4.12. The van der Waals surface area contributed by atoms with Crippen LogP contribution in [-0.2, 0) is 11.3 Å². The molecule has 5 nitrogen and oxygen atoms in total. The maximum absolute atomic E-state index is 9.71. The molecular formula is C19H30N2O3. The molecular weight excluding hydrogens is 304 g/mol. The molecule has 1 aromatic carbocycles. The molecule has 0 atom stereocenters. The molecule has 134 valence electrons. The van der Waals surface area contributed by atoms with E-state index in [-0.39, 0.29) is 11.3 Å². The van der Waals surface area contributed by atoms with Gasteiger partial charge in [0.25, 0.3) is 0 Å². The molecule has 1 saturated carbocycles. The monoisotopic (exact) mass is 334 g/mol. The van der Waals surface area contributed by atoms with Crippen LogP contribution in [0, 0.1) is 0 Å². The summed E-state index contributed by atoms with van der Waals surface area (Å²) in [6.45, 7) is 5.62. The lowest BCUT2D eigenvalue weighted by Gasteiger charge is -2.48. The van der Waals surface area contributed by atoms with Gasteiger partial charge in [-0.05, 0) is 30.5 Å². The number of morpholine rings is 1. The first kappa shape index (κ1) is 17.5. The molecule has 5 heteroatoms. The lowest BCUT2D eigenvalue weighted by atomic mass is 9.79. The predicted octanol–water partition coefficient (Wildman–Crippen LogP) is 2.53. The molecule has 0 unspecified atom stereocenters. The van der Waals surface area contributed by atoms with Gasteiger partial charge in [0.05, 0.1) is 20.3 Å². The zero-order valence-electron chi connectivity index (χ0n) is 14.7. The Morgan fingerprint density at radius 3 is 2.67 bits per heavy atom. The van der Waals surface area contributed by atoms with Gasteiger partial charge in [0.15, 0.2) is 11.5 Å². The quantitative estimate of drug-likeness (QED) is 0.837.